The van der Waals surface area contributed by atoms with Gasteiger partial charge in [-0.15, -0.1) is 0 Å². The Hall–Kier alpha value is -4.48. The van der Waals surface area contributed by atoms with Crippen LogP contribution in [-0.2, 0) is 21.5 Å². The number of pyridine rings is 1. The van der Waals surface area contributed by atoms with Gasteiger partial charge >= 0.3 is 5.97 Å². The van der Waals surface area contributed by atoms with Crippen molar-refractivity contribution >= 4 is 34.5 Å². The van der Waals surface area contributed by atoms with Gasteiger partial charge < -0.3 is 16.2 Å². The van der Waals surface area contributed by atoms with Gasteiger partial charge in [0.1, 0.15) is 29.0 Å². The molecule has 1 unspecified atom stereocenters. The van der Waals surface area contributed by atoms with E-state index in [-0.39, 0.29) is 46.3 Å². The van der Waals surface area contributed by atoms with Crippen LogP contribution in [0.1, 0.15) is 24.5 Å². The lowest BCUT2D eigenvalue weighted by atomic mass is 9.81. The van der Waals surface area contributed by atoms with E-state index in [0.717, 1.165) is 6.20 Å². The number of benzene rings is 1. The van der Waals surface area contributed by atoms with Crippen molar-refractivity contribution in [2.45, 2.75) is 25.3 Å². The predicted molar refractivity (Wildman–Crippen MR) is 117 cm³/mol. The molecule has 172 valence electrons. The summed E-state index contributed by atoms with van der Waals surface area (Å²) >= 11 is 0. The van der Waals surface area contributed by atoms with Crippen molar-refractivity contribution in [2.75, 3.05) is 11.1 Å². The third-order valence-electron chi connectivity index (χ3n) is 5.77. The highest BCUT2D eigenvalue weighted by Crippen LogP contribution is 2.43. The van der Waals surface area contributed by atoms with Crippen molar-refractivity contribution in [1.29, 1.82) is 0 Å². The highest BCUT2D eigenvalue weighted by molar-refractivity contribution is 6.08. The number of halogens is 2. The number of carbonyl (C=O) groups is 2. The molecule has 0 radical (unpaired) electrons. The number of fused-ring (bicyclic) bond motifs is 2. The first kappa shape index (κ1) is 21.4. The Morgan fingerprint density at radius 3 is 2.76 bits per heavy atom. The molecular weight excluding hydrogens is 448 g/mol. The van der Waals surface area contributed by atoms with Gasteiger partial charge in [0, 0.05) is 5.56 Å². The third kappa shape index (κ3) is 3.31. The zero-order chi connectivity index (χ0) is 24.2. The lowest BCUT2D eigenvalue weighted by Crippen LogP contribution is -2.34. The molecule has 1 amide bonds. The zero-order valence-corrected chi connectivity index (χ0v) is 17.7. The number of aromatic nitrogens is 5. The summed E-state index contributed by atoms with van der Waals surface area (Å²) in [6.07, 6.45) is 0.509. The maximum absolute atomic E-state index is 14.2. The molecule has 10 nitrogen and oxygen atoms in total. The molecule has 0 spiro atoms. The second-order valence-corrected chi connectivity index (χ2v) is 8.14. The molecule has 5 rings (SSSR count). The van der Waals surface area contributed by atoms with Crippen molar-refractivity contribution in [2.24, 2.45) is 0 Å². The molecule has 0 saturated heterocycles. The van der Waals surface area contributed by atoms with Crippen molar-refractivity contribution in [1.82, 2.24) is 24.7 Å². The first-order chi connectivity index (χ1) is 16.2. The molecule has 34 heavy (non-hydrogen) atoms. The van der Waals surface area contributed by atoms with Crippen molar-refractivity contribution < 1.29 is 23.5 Å². The van der Waals surface area contributed by atoms with Gasteiger partial charge in [0.05, 0.1) is 35.5 Å². The van der Waals surface area contributed by atoms with Crippen LogP contribution in [0.15, 0.2) is 36.5 Å². The van der Waals surface area contributed by atoms with E-state index in [1.54, 1.807) is 18.2 Å². The molecule has 1 aromatic carbocycles. The summed E-state index contributed by atoms with van der Waals surface area (Å²) in [7, 11) is 0. The minimum absolute atomic E-state index is 0.00957. The largest absolute Gasteiger partial charge is 0.481 e. The van der Waals surface area contributed by atoms with E-state index in [1.165, 1.54) is 23.7 Å². The number of carboxylic acid groups (broad SMARTS) is 1. The van der Waals surface area contributed by atoms with Gasteiger partial charge in [-0.25, -0.2) is 28.4 Å². The maximum atomic E-state index is 14.2. The summed E-state index contributed by atoms with van der Waals surface area (Å²) in [6, 6.07) is 7.35. The van der Waals surface area contributed by atoms with E-state index in [0.29, 0.717) is 5.56 Å². The highest BCUT2D eigenvalue weighted by Gasteiger charge is 2.47. The van der Waals surface area contributed by atoms with E-state index in [4.69, 9.17) is 5.73 Å². The number of hydrogen-bond acceptors (Lipinski definition) is 7. The Labute approximate surface area is 190 Å². The molecule has 4 N–H and O–H groups in total. The fraction of sp³-hybridized carbons (Fsp3) is 0.182. The van der Waals surface area contributed by atoms with Gasteiger partial charge in [-0.05, 0) is 19.1 Å². The number of nitrogen functional groups attached to an aromatic ring is 1. The Kier molecular flexibility index (Phi) is 4.74. The second-order valence-electron chi connectivity index (χ2n) is 8.14. The fourth-order valence-corrected chi connectivity index (χ4v) is 4.15. The fourth-order valence-electron chi connectivity index (χ4n) is 4.15. The van der Waals surface area contributed by atoms with Gasteiger partial charge in [-0.2, -0.15) is 5.10 Å². The van der Waals surface area contributed by atoms with Crippen LogP contribution in [0.3, 0.4) is 0 Å². The van der Waals surface area contributed by atoms with Crippen LogP contribution in [-0.4, -0.2) is 41.7 Å². The van der Waals surface area contributed by atoms with Crippen LogP contribution in [0.25, 0.3) is 22.6 Å². The Balaban J connectivity index is 1.66. The third-order valence-corrected chi connectivity index (χ3v) is 5.77. The van der Waals surface area contributed by atoms with E-state index in [2.05, 4.69) is 25.4 Å². The van der Waals surface area contributed by atoms with Gasteiger partial charge in [0.2, 0.25) is 5.91 Å². The second kappa shape index (κ2) is 7.54. The maximum Gasteiger partial charge on any atom is 0.304 e. The average Bonchev–Trinajstić information content (AvgIpc) is 3.23. The van der Waals surface area contributed by atoms with Crippen molar-refractivity contribution in [3.63, 3.8) is 0 Å². The summed E-state index contributed by atoms with van der Waals surface area (Å²) < 4.78 is 29.7. The molecule has 0 saturated carbocycles. The topological polar surface area (TPSA) is 149 Å². The molecule has 0 aliphatic carbocycles. The summed E-state index contributed by atoms with van der Waals surface area (Å²) in [6.45, 7) is 1.45. The number of hydrogen-bond donors (Lipinski definition) is 3. The van der Waals surface area contributed by atoms with Crippen molar-refractivity contribution in [3.8, 4) is 11.5 Å². The highest BCUT2D eigenvalue weighted by atomic mass is 19.1. The van der Waals surface area contributed by atoms with E-state index >= 15 is 0 Å². The molecular formula is C22H17F2N7O3. The summed E-state index contributed by atoms with van der Waals surface area (Å²) in [5.74, 6) is -2.91. The van der Waals surface area contributed by atoms with Crippen LogP contribution >= 0.6 is 0 Å². The lowest BCUT2D eigenvalue weighted by Gasteiger charge is -2.20. The summed E-state index contributed by atoms with van der Waals surface area (Å²) in [5, 5.41) is 16.5. The number of aliphatic carboxylic acids is 1. The average molecular weight is 465 g/mol. The quantitative estimate of drug-likeness (QED) is 0.407. The van der Waals surface area contributed by atoms with Crippen LogP contribution in [0.2, 0.25) is 0 Å². The Morgan fingerprint density at radius 2 is 2.03 bits per heavy atom. The Morgan fingerprint density at radius 1 is 1.26 bits per heavy atom. The van der Waals surface area contributed by atoms with Crippen LogP contribution < -0.4 is 11.1 Å². The first-order valence-corrected chi connectivity index (χ1v) is 10.1. The number of rotatable bonds is 5. The minimum atomic E-state index is -1.45. The zero-order valence-electron chi connectivity index (χ0n) is 17.7. The number of anilines is 2. The predicted octanol–water partition coefficient (Wildman–Crippen LogP) is 2.48. The first-order valence-electron chi connectivity index (χ1n) is 10.1. The molecule has 4 heterocycles. The number of nitrogens with one attached hydrogen (secondary N) is 1. The molecule has 0 bridgehead atoms. The standard InChI is InChI=1S/C22H17F2N7O3/c1-22(7-14(32)33)15-17(25)27-19(28-18(15)29-21(22)34)16-12-6-11(23)8-26-20(12)31(30-16)9-10-4-2-3-5-13(10)24/h2-6,8H,7,9H2,1H3,(H,32,33)(H3,25,27,28,29,34). The SMILES string of the molecule is CC1(CC(=O)O)C(=O)Nc2nc(-c3nn(Cc4ccccc4F)c4ncc(F)cc34)nc(N)c21. The molecule has 1 atom stereocenters. The molecule has 3 aromatic heterocycles. The summed E-state index contributed by atoms with van der Waals surface area (Å²) in [5.41, 5.74) is 5.58. The van der Waals surface area contributed by atoms with E-state index in [9.17, 15) is 23.5 Å². The molecule has 12 heteroatoms. The van der Waals surface area contributed by atoms with E-state index < -0.39 is 35.3 Å². The number of amides is 1. The minimum Gasteiger partial charge on any atom is -0.481 e. The summed E-state index contributed by atoms with van der Waals surface area (Å²) in [4.78, 5) is 36.6. The van der Waals surface area contributed by atoms with Crippen LogP contribution in [0.4, 0.5) is 20.4 Å². The van der Waals surface area contributed by atoms with E-state index in [1.807, 2.05) is 0 Å². The number of carboxylic acids is 1. The van der Waals surface area contributed by atoms with Gasteiger partial charge in [-0.1, -0.05) is 18.2 Å². The van der Waals surface area contributed by atoms with Gasteiger partial charge in [-0.3, -0.25) is 9.59 Å². The molecule has 1 aliphatic heterocycles. The number of nitrogens with two attached hydrogens (primary N) is 1. The Bertz CT molecular complexity index is 1500. The monoisotopic (exact) mass is 465 g/mol. The lowest BCUT2D eigenvalue weighted by molar-refractivity contribution is -0.140. The normalized spacial score (nSPS) is 17.1. The number of nitrogens with zero attached hydrogens (tertiary/aromatic N) is 5. The van der Waals surface area contributed by atoms with Crippen LogP contribution in [0.5, 0.6) is 0 Å². The van der Waals surface area contributed by atoms with Gasteiger partial charge in [0.15, 0.2) is 11.5 Å². The molecule has 1 aliphatic rings. The number of carbonyl (C=O) groups excluding carboxylic acids is 1. The smallest absolute Gasteiger partial charge is 0.304 e. The molecule has 0 fully saturated rings. The van der Waals surface area contributed by atoms with Gasteiger partial charge in [0.25, 0.3) is 0 Å². The molecule has 4 aromatic rings. The van der Waals surface area contributed by atoms with Crippen molar-refractivity contribution in [3.05, 3.63) is 59.3 Å². The van der Waals surface area contributed by atoms with Crippen LogP contribution in [0, 0.1) is 11.6 Å².